The lowest BCUT2D eigenvalue weighted by Crippen LogP contribution is -2.47. The van der Waals surface area contributed by atoms with E-state index >= 15 is 0 Å². The SMILES string of the molecule is CCCNC(=O)CN1CCC(NC(=O)c2ccc3c(c2)NC(=O)CS3)CC1. The third-order valence-electron chi connectivity index (χ3n) is 4.74. The Morgan fingerprint density at radius 2 is 2.07 bits per heavy atom. The number of hydrogen-bond acceptors (Lipinski definition) is 5. The number of fused-ring (bicyclic) bond motifs is 1. The second-order valence-electron chi connectivity index (χ2n) is 6.92. The van der Waals surface area contributed by atoms with Gasteiger partial charge in [0.25, 0.3) is 5.91 Å². The van der Waals surface area contributed by atoms with Crippen molar-refractivity contribution >= 4 is 35.2 Å². The van der Waals surface area contributed by atoms with Crippen LogP contribution in [-0.2, 0) is 9.59 Å². The Labute approximate surface area is 163 Å². The summed E-state index contributed by atoms with van der Waals surface area (Å²) in [5, 5.41) is 8.78. The first-order valence-electron chi connectivity index (χ1n) is 9.41. The van der Waals surface area contributed by atoms with Crippen molar-refractivity contribution in [3.63, 3.8) is 0 Å². The molecular formula is C19H26N4O3S. The Morgan fingerprint density at radius 3 is 2.81 bits per heavy atom. The summed E-state index contributed by atoms with van der Waals surface area (Å²) in [6.07, 6.45) is 2.58. The van der Waals surface area contributed by atoms with E-state index in [4.69, 9.17) is 0 Å². The highest BCUT2D eigenvalue weighted by molar-refractivity contribution is 8.00. The van der Waals surface area contributed by atoms with Crippen molar-refractivity contribution < 1.29 is 14.4 Å². The molecule has 0 spiro atoms. The molecule has 7 nitrogen and oxygen atoms in total. The summed E-state index contributed by atoms with van der Waals surface area (Å²) in [7, 11) is 0. The van der Waals surface area contributed by atoms with E-state index in [1.54, 1.807) is 12.1 Å². The number of amides is 3. The van der Waals surface area contributed by atoms with Crippen LogP contribution in [-0.4, -0.2) is 60.6 Å². The molecular weight excluding hydrogens is 364 g/mol. The summed E-state index contributed by atoms with van der Waals surface area (Å²) in [5.74, 6) is 0.309. The number of benzene rings is 1. The third-order valence-corrected chi connectivity index (χ3v) is 5.81. The molecule has 3 amide bonds. The number of anilines is 1. The van der Waals surface area contributed by atoms with E-state index in [1.807, 2.05) is 13.0 Å². The first-order valence-corrected chi connectivity index (χ1v) is 10.4. The fourth-order valence-corrected chi connectivity index (χ4v) is 4.04. The van der Waals surface area contributed by atoms with E-state index in [2.05, 4.69) is 20.9 Å². The van der Waals surface area contributed by atoms with Crippen molar-refractivity contribution in [3.05, 3.63) is 23.8 Å². The number of carbonyl (C=O) groups excluding carboxylic acids is 3. The standard InChI is InChI=1S/C19H26N4O3S/c1-2-7-20-17(24)11-23-8-5-14(6-9-23)21-19(26)13-3-4-16-15(10-13)22-18(25)12-27-16/h3-4,10,14H,2,5-9,11-12H2,1H3,(H,20,24)(H,21,26)(H,22,25). The maximum absolute atomic E-state index is 12.5. The summed E-state index contributed by atoms with van der Waals surface area (Å²) in [6, 6.07) is 5.52. The van der Waals surface area contributed by atoms with E-state index in [0.29, 0.717) is 30.1 Å². The van der Waals surface area contributed by atoms with Gasteiger partial charge in [-0.25, -0.2) is 0 Å². The third kappa shape index (κ3) is 5.46. The fourth-order valence-electron chi connectivity index (χ4n) is 3.25. The van der Waals surface area contributed by atoms with Crippen LogP contribution in [0.4, 0.5) is 5.69 Å². The van der Waals surface area contributed by atoms with Crippen molar-refractivity contribution in [3.8, 4) is 0 Å². The van der Waals surface area contributed by atoms with Gasteiger partial charge in [-0.15, -0.1) is 11.8 Å². The smallest absolute Gasteiger partial charge is 0.251 e. The Kier molecular flexibility index (Phi) is 6.73. The summed E-state index contributed by atoms with van der Waals surface area (Å²) >= 11 is 1.48. The molecule has 27 heavy (non-hydrogen) atoms. The number of likely N-dealkylation sites (tertiary alicyclic amines) is 1. The van der Waals surface area contributed by atoms with Gasteiger partial charge in [0, 0.05) is 36.1 Å². The molecule has 3 N–H and O–H groups in total. The van der Waals surface area contributed by atoms with Gasteiger partial charge in [0.15, 0.2) is 0 Å². The maximum atomic E-state index is 12.5. The monoisotopic (exact) mass is 390 g/mol. The van der Waals surface area contributed by atoms with Gasteiger partial charge >= 0.3 is 0 Å². The van der Waals surface area contributed by atoms with E-state index < -0.39 is 0 Å². The molecule has 2 aliphatic heterocycles. The van der Waals surface area contributed by atoms with E-state index in [1.165, 1.54) is 11.8 Å². The minimum absolute atomic E-state index is 0.0413. The van der Waals surface area contributed by atoms with Crippen LogP contribution in [0.1, 0.15) is 36.5 Å². The number of nitrogens with one attached hydrogen (secondary N) is 3. The maximum Gasteiger partial charge on any atom is 0.251 e. The van der Waals surface area contributed by atoms with Gasteiger partial charge in [0.2, 0.25) is 11.8 Å². The van der Waals surface area contributed by atoms with Crippen LogP contribution < -0.4 is 16.0 Å². The molecule has 0 saturated carbocycles. The molecule has 1 aromatic carbocycles. The van der Waals surface area contributed by atoms with Crippen LogP contribution in [0.25, 0.3) is 0 Å². The van der Waals surface area contributed by atoms with Gasteiger partial charge in [-0.2, -0.15) is 0 Å². The number of thioether (sulfide) groups is 1. The zero-order valence-corrected chi connectivity index (χ0v) is 16.4. The highest BCUT2D eigenvalue weighted by Crippen LogP contribution is 2.32. The largest absolute Gasteiger partial charge is 0.355 e. The Bertz CT molecular complexity index is 717. The second kappa shape index (κ2) is 9.23. The molecule has 0 radical (unpaired) electrons. The molecule has 1 saturated heterocycles. The lowest BCUT2D eigenvalue weighted by Gasteiger charge is -2.32. The van der Waals surface area contributed by atoms with Crippen molar-refractivity contribution in [2.24, 2.45) is 0 Å². The molecule has 1 fully saturated rings. The van der Waals surface area contributed by atoms with Crippen LogP contribution >= 0.6 is 11.8 Å². The average molecular weight is 391 g/mol. The quantitative estimate of drug-likeness (QED) is 0.684. The molecule has 146 valence electrons. The topological polar surface area (TPSA) is 90.5 Å². The van der Waals surface area contributed by atoms with Gasteiger partial charge in [-0.3, -0.25) is 19.3 Å². The summed E-state index contributed by atoms with van der Waals surface area (Å²) in [4.78, 5) is 39.0. The fraction of sp³-hybridized carbons (Fsp3) is 0.526. The predicted octanol–water partition coefficient (Wildman–Crippen LogP) is 1.45. The van der Waals surface area contributed by atoms with Crippen LogP contribution in [0.2, 0.25) is 0 Å². The lowest BCUT2D eigenvalue weighted by atomic mass is 10.0. The lowest BCUT2D eigenvalue weighted by molar-refractivity contribution is -0.122. The first kappa shape index (κ1) is 19.7. The number of carbonyl (C=O) groups is 3. The Hall–Kier alpha value is -2.06. The predicted molar refractivity (Wildman–Crippen MR) is 106 cm³/mol. The normalized spacial score (nSPS) is 17.7. The number of nitrogens with zero attached hydrogens (tertiary/aromatic N) is 1. The number of piperidine rings is 1. The van der Waals surface area contributed by atoms with E-state index in [9.17, 15) is 14.4 Å². The van der Waals surface area contributed by atoms with Crippen molar-refractivity contribution in [1.29, 1.82) is 0 Å². The molecule has 2 heterocycles. The molecule has 1 aromatic rings. The van der Waals surface area contributed by atoms with Gasteiger partial charge in [-0.1, -0.05) is 6.92 Å². The van der Waals surface area contributed by atoms with Gasteiger partial charge in [-0.05, 0) is 37.5 Å². The number of rotatable bonds is 6. The van der Waals surface area contributed by atoms with Crippen LogP contribution in [0.5, 0.6) is 0 Å². The van der Waals surface area contributed by atoms with Gasteiger partial charge in [0.05, 0.1) is 18.0 Å². The summed E-state index contributed by atoms with van der Waals surface area (Å²) < 4.78 is 0. The number of hydrogen-bond donors (Lipinski definition) is 3. The van der Waals surface area contributed by atoms with Crippen LogP contribution in [0.3, 0.4) is 0 Å². The van der Waals surface area contributed by atoms with E-state index in [-0.39, 0.29) is 23.8 Å². The Balaban J connectivity index is 1.48. The minimum Gasteiger partial charge on any atom is -0.355 e. The zero-order valence-electron chi connectivity index (χ0n) is 15.5. The second-order valence-corrected chi connectivity index (χ2v) is 7.94. The first-order chi connectivity index (χ1) is 13.0. The van der Waals surface area contributed by atoms with E-state index in [0.717, 1.165) is 37.2 Å². The minimum atomic E-state index is -0.123. The highest BCUT2D eigenvalue weighted by atomic mass is 32.2. The van der Waals surface area contributed by atoms with Crippen molar-refractivity contribution in [2.45, 2.75) is 37.1 Å². The Morgan fingerprint density at radius 1 is 1.30 bits per heavy atom. The molecule has 0 unspecified atom stereocenters. The molecule has 2 aliphatic rings. The molecule has 0 atom stereocenters. The van der Waals surface area contributed by atoms with Crippen molar-refractivity contribution in [2.75, 3.05) is 37.2 Å². The summed E-state index contributed by atoms with van der Waals surface area (Å²) in [6.45, 7) is 4.75. The molecule has 3 rings (SSSR count). The summed E-state index contributed by atoms with van der Waals surface area (Å²) in [5.41, 5.74) is 1.26. The van der Waals surface area contributed by atoms with Crippen LogP contribution in [0.15, 0.2) is 23.1 Å². The van der Waals surface area contributed by atoms with Crippen LogP contribution in [0, 0.1) is 0 Å². The average Bonchev–Trinajstić information content (AvgIpc) is 2.67. The van der Waals surface area contributed by atoms with Crippen molar-refractivity contribution in [1.82, 2.24) is 15.5 Å². The molecule has 0 bridgehead atoms. The zero-order chi connectivity index (χ0) is 19.2. The van der Waals surface area contributed by atoms with Gasteiger partial charge < -0.3 is 16.0 Å². The molecule has 0 aromatic heterocycles. The molecule has 8 heteroatoms. The molecule has 0 aliphatic carbocycles. The highest BCUT2D eigenvalue weighted by Gasteiger charge is 2.23. The van der Waals surface area contributed by atoms with Gasteiger partial charge in [0.1, 0.15) is 0 Å².